The largest absolute Gasteiger partial charge is 0.360 e. The zero-order valence-corrected chi connectivity index (χ0v) is 14.8. The molecule has 1 atom stereocenters. The van der Waals surface area contributed by atoms with E-state index < -0.39 is 0 Å². The van der Waals surface area contributed by atoms with Crippen molar-refractivity contribution in [3.8, 4) is 0 Å². The Kier molecular flexibility index (Phi) is 4.06. The number of nitrogens with zero attached hydrogens (tertiary/aromatic N) is 5. The van der Waals surface area contributed by atoms with Crippen LogP contribution in [0.2, 0.25) is 0 Å². The molecule has 0 spiro atoms. The van der Waals surface area contributed by atoms with E-state index in [-0.39, 0.29) is 0 Å². The Bertz CT molecular complexity index is 811. The number of benzene rings is 1. The Labute approximate surface area is 146 Å². The average Bonchev–Trinajstić information content (AvgIpc) is 3.06. The molecule has 1 aliphatic heterocycles. The first-order valence-corrected chi connectivity index (χ1v) is 9.13. The molecule has 2 aromatic heterocycles. The highest BCUT2D eigenvalue weighted by atomic mass is 32.1. The van der Waals surface area contributed by atoms with Crippen molar-refractivity contribution in [3.63, 3.8) is 0 Å². The van der Waals surface area contributed by atoms with Gasteiger partial charge in [-0.15, -0.1) is 11.3 Å². The normalized spacial score (nSPS) is 18.1. The molecule has 3 aromatic rings. The quantitative estimate of drug-likeness (QED) is 0.730. The van der Waals surface area contributed by atoms with E-state index in [0.29, 0.717) is 5.92 Å². The molecule has 0 radical (unpaired) electrons. The third kappa shape index (κ3) is 2.82. The molecule has 1 aliphatic rings. The van der Waals surface area contributed by atoms with Gasteiger partial charge in [0.1, 0.15) is 0 Å². The zero-order chi connectivity index (χ0) is 16.5. The van der Waals surface area contributed by atoms with Gasteiger partial charge in [0.15, 0.2) is 11.6 Å². The summed E-state index contributed by atoms with van der Waals surface area (Å²) in [5.41, 5.74) is 1.11. The summed E-state index contributed by atoms with van der Waals surface area (Å²) in [6.07, 6.45) is 5.88. The van der Waals surface area contributed by atoms with E-state index in [4.69, 9.17) is 4.98 Å². The van der Waals surface area contributed by atoms with E-state index in [1.165, 1.54) is 16.1 Å². The fourth-order valence-electron chi connectivity index (χ4n) is 3.30. The molecule has 3 heterocycles. The number of para-hydroxylation sites is 1. The lowest BCUT2D eigenvalue weighted by Crippen LogP contribution is -2.36. The monoisotopic (exact) mass is 339 g/mol. The van der Waals surface area contributed by atoms with E-state index >= 15 is 0 Å². The van der Waals surface area contributed by atoms with Gasteiger partial charge in [-0.1, -0.05) is 12.1 Å². The van der Waals surface area contributed by atoms with Crippen LogP contribution in [-0.4, -0.2) is 42.1 Å². The molecular formula is C18H21N5S. The fourth-order valence-corrected chi connectivity index (χ4v) is 4.39. The average molecular weight is 339 g/mol. The predicted octanol–water partition coefficient (Wildman–Crippen LogP) is 3.54. The number of hydrogen-bond acceptors (Lipinski definition) is 6. The number of piperidine rings is 1. The summed E-state index contributed by atoms with van der Waals surface area (Å²) in [4.78, 5) is 18.4. The van der Waals surface area contributed by atoms with Gasteiger partial charge < -0.3 is 9.80 Å². The van der Waals surface area contributed by atoms with Crippen LogP contribution in [0.5, 0.6) is 0 Å². The highest BCUT2D eigenvalue weighted by Gasteiger charge is 2.26. The number of fused-ring (bicyclic) bond motifs is 1. The number of rotatable bonds is 3. The van der Waals surface area contributed by atoms with Crippen LogP contribution in [0.4, 0.5) is 11.6 Å². The summed E-state index contributed by atoms with van der Waals surface area (Å²) in [6, 6.07) is 8.40. The lowest BCUT2D eigenvalue weighted by atomic mass is 9.99. The van der Waals surface area contributed by atoms with Crippen molar-refractivity contribution < 1.29 is 0 Å². The third-order valence-corrected chi connectivity index (χ3v) is 5.66. The fraction of sp³-hybridized carbons (Fsp3) is 0.389. The van der Waals surface area contributed by atoms with E-state index in [1.807, 2.05) is 30.3 Å². The first-order chi connectivity index (χ1) is 11.7. The van der Waals surface area contributed by atoms with Crippen LogP contribution in [0.15, 0.2) is 36.7 Å². The van der Waals surface area contributed by atoms with Gasteiger partial charge in [-0.25, -0.2) is 15.0 Å². The number of aromatic nitrogens is 3. The van der Waals surface area contributed by atoms with Crippen molar-refractivity contribution in [1.82, 2.24) is 15.0 Å². The summed E-state index contributed by atoms with van der Waals surface area (Å²) >= 11 is 1.83. The first kappa shape index (κ1) is 15.3. The second-order valence-electron chi connectivity index (χ2n) is 6.40. The lowest BCUT2D eigenvalue weighted by molar-refractivity contribution is 0.505. The topological polar surface area (TPSA) is 45.2 Å². The zero-order valence-electron chi connectivity index (χ0n) is 14.0. The van der Waals surface area contributed by atoms with Gasteiger partial charge in [0.2, 0.25) is 0 Å². The second-order valence-corrected chi connectivity index (χ2v) is 7.47. The van der Waals surface area contributed by atoms with Gasteiger partial charge in [0, 0.05) is 45.5 Å². The number of thiazole rings is 1. The summed E-state index contributed by atoms with van der Waals surface area (Å²) in [5.74, 6) is 2.38. The van der Waals surface area contributed by atoms with Gasteiger partial charge in [-0.2, -0.15) is 0 Å². The van der Waals surface area contributed by atoms with Crippen LogP contribution in [0.3, 0.4) is 0 Å². The maximum atomic E-state index is 4.87. The van der Waals surface area contributed by atoms with Gasteiger partial charge >= 0.3 is 0 Å². The number of hydrogen-bond donors (Lipinski definition) is 0. The van der Waals surface area contributed by atoms with Gasteiger partial charge in [0.05, 0.1) is 15.2 Å². The van der Waals surface area contributed by atoms with Crippen LogP contribution in [-0.2, 0) is 0 Å². The molecule has 6 heteroatoms. The molecule has 5 nitrogen and oxygen atoms in total. The molecule has 0 bridgehead atoms. The molecule has 24 heavy (non-hydrogen) atoms. The summed E-state index contributed by atoms with van der Waals surface area (Å²) in [6.45, 7) is 1.99. The highest BCUT2D eigenvalue weighted by Crippen LogP contribution is 2.35. The molecule has 124 valence electrons. The Balaban J connectivity index is 1.62. The molecule has 1 aromatic carbocycles. The Morgan fingerprint density at radius 2 is 2.00 bits per heavy atom. The molecular weight excluding hydrogens is 318 g/mol. The van der Waals surface area contributed by atoms with Gasteiger partial charge in [-0.05, 0) is 25.0 Å². The SMILES string of the molecule is CN(C)c1nccnc1N1CCCC(c2nc3ccccc3s2)C1. The van der Waals surface area contributed by atoms with Crippen LogP contribution in [0.1, 0.15) is 23.8 Å². The minimum atomic E-state index is 0.466. The minimum absolute atomic E-state index is 0.466. The smallest absolute Gasteiger partial charge is 0.171 e. The van der Waals surface area contributed by atoms with Crippen LogP contribution < -0.4 is 9.80 Å². The molecule has 1 unspecified atom stereocenters. The van der Waals surface area contributed by atoms with Crippen molar-refractivity contribution in [2.45, 2.75) is 18.8 Å². The summed E-state index contributed by atoms with van der Waals surface area (Å²) < 4.78 is 1.28. The van der Waals surface area contributed by atoms with Crippen molar-refractivity contribution in [3.05, 3.63) is 41.7 Å². The van der Waals surface area contributed by atoms with Crippen LogP contribution in [0, 0.1) is 0 Å². The van der Waals surface area contributed by atoms with Crippen molar-refractivity contribution in [2.75, 3.05) is 37.0 Å². The molecule has 0 saturated carbocycles. The maximum Gasteiger partial charge on any atom is 0.171 e. The van der Waals surface area contributed by atoms with E-state index in [1.54, 1.807) is 12.4 Å². The van der Waals surface area contributed by atoms with Crippen LogP contribution in [0.25, 0.3) is 10.2 Å². The minimum Gasteiger partial charge on any atom is -0.360 e. The molecule has 1 fully saturated rings. The standard InChI is InChI=1S/C18H21N5S/c1-22(2)16-17(20-10-9-19-16)23-11-5-6-13(12-23)18-21-14-7-3-4-8-15(14)24-18/h3-4,7-10,13H,5-6,11-12H2,1-2H3. The first-order valence-electron chi connectivity index (χ1n) is 8.31. The third-order valence-electron chi connectivity index (χ3n) is 4.46. The lowest BCUT2D eigenvalue weighted by Gasteiger charge is -2.34. The molecule has 0 N–H and O–H groups in total. The maximum absolute atomic E-state index is 4.87. The predicted molar refractivity (Wildman–Crippen MR) is 100 cm³/mol. The van der Waals surface area contributed by atoms with Gasteiger partial charge in [0.25, 0.3) is 0 Å². The van der Waals surface area contributed by atoms with E-state index in [0.717, 1.165) is 36.7 Å². The summed E-state index contributed by atoms with van der Waals surface area (Å²) in [7, 11) is 4.03. The van der Waals surface area contributed by atoms with E-state index in [9.17, 15) is 0 Å². The van der Waals surface area contributed by atoms with Crippen molar-refractivity contribution >= 4 is 33.2 Å². The Morgan fingerprint density at radius 3 is 2.83 bits per heavy atom. The molecule has 0 amide bonds. The molecule has 4 rings (SSSR count). The Morgan fingerprint density at radius 1 is 1.17 bits per heavy atom. The molecule has 0 aliphatic carbocycles. The van der Waals surface area contributed by atoms with Gasteiger partial charge in [-0.3, -0.25) is 0 Å². The van der Waals surface area contributed by atoms with E-state index in [2.05, 4.69) is 39.1 Å². The highest BCUT2D eigenvalue weighted by molar-refractivity contribution is 7.18. The Hall–Kier alpha value is -2.21. The summed E-state index contributed by atoms with van der Waals surface area (Å²) in [5, 5.41) is 1.25. The van der Waals surface area contributed by atoms with Crippen molar-refractivity contribution in [1.29, 1.82) is 0 Å². The second kappa shape index (κ2) is 6.36. The number of anilines is 2. The molecule has 1 saturated heterocycles. The van der Waals surface area contributed by atoms with Crippen molar-refractivity contribution in [2.24, 2.45) is 0 Å². The van der Waals surface area contributed by atoms with Crippen LogP contribution >= 0.6 is 11.3 Å².